The van der Waals surface area contributed by atoms with Gasteiger partial charge in [0.15, 0.2) is 0 Å². The van der Waals surface area contributed by atoms with Gasteiger partial charge in [-0.05, 0) is 59.9 Å². The third-order valence-corrected chi connectivity index (χ3v) is 7.51. The van der Waals surface area contributed by atoms with E-state index in [9.17, 15) is 13.2 Å². The molecule has 0 radical (unpaired) electrons. The smallest absolute Gasteiger partial charge is 0.243 e. The molecule has 0 aliphatic heterocycles. The third-order valence-electron chi connectivity index (χ3n) is 5.13. The van der Waals surface area contributed by atoms with Gasteiger partial charge in [-0.1, -0.05) is 72.2 Å². The van der Waals surface area contributed by atoms with Crippen molar-refractivity contribution in [2.45, 2.75) is 31.1 Å². The number of hydrogen-bond donors (Lipinski definition) is 1. The van der Waals surface area contributed by atoms with E-state index in [1.807, 2.05) is 54.6 Å². The lowest BCUT2D eigenvalue weighted by Gasteiger charge is -2.22. The largest absolute Gasteiger partial charge is 0.325 e. The molecule has 0 unspecified atom stereocenters. The summed E-state index contributed by atoms with van der Waals surface area (Å²) in [6, 6.07) is 23.7. The molecule has 3 rings (SSSR count). The topological polar surface area (TPSA) is 66.5 Å². The van der Waals surface area contributed by atoms with E-state index in [-0.39, 0.29) is 23.9 Å². The number of anilines is 1. The first-order chi connectivity index (χ1) is 15.3. The van der Waals surface area contributed by atoms with E-state index in [1.165, 1.54) is 22.0 Å². The van der Waals surface area contributed by atoms with Crippen LogP contribution in [0.5, 0.6) is 0 Å². The SMILES string of the molecule is CC(C)c1ccc(NC(=O)CN(CCc2ccccc2)S(=O)(=O)c2ccc(Br)cc2)cc1. The van der Waals surface area contributed by atoms with Crippen LogP contribution in [-0.4, -0.2) is 31.7 Å². The molecule has 7 heteroatoms. The van der Waals surface area contributed by atoms with Gasteiger partial charge in [-0.15, -0.1) is 0 Å². The third kappa shape index (κ3) is 6.51. The Bertz CT molecular complexity index is 1130. The first-order valence-corrected chi connectivity index (χ1v) is 12.7. The highest BCUT2D eigenvalue weighted by Gasteiger charge is 2.26. The minimum atomic E-state index is -3.84. The van der Waals surface area contributed by atoms with Gasteiger partial charge in [-0.25, -0.2) is 8.42 Å². The lowest BCUT2D eigenvalue weighted by atomic mass is 10.0. The van der Waals surface area contributed by atoms with Crippen molar-refractivity contribution in [3.05, 3.63) is 94.5 Å². The van der Waals surface area contributed by atoms with E-state index in [4.69, 9.17) is 0 Å². The van der Waals surface area contributed by atoms with Crippen LogP contribution in [0.3, 0.4) is 0 Å². The summed E-state index contributed by atoms with van der Waals surface area (Å²) in [4.78, 5) is 12.9. The fourth-order valence-electron chi connectivity index (χ4n) is 3.25. The highest BCUT2D eigenvalue weighted by Crippen LogP contribution is 2.20. The molecule has 0 bridgehead atoms. The summed E-state index contributed by atoms with van der Waals surface area (Å²) < 4.78 is 28.6. The number of benzene rings is 3. The molecule has 0 saturated heterocycles. The van der Waals surface area contributed by atoms with Gasteiger partial charge >= 0.3 is 0 Å². The molecule has 0 saturated carbocycles. The maximum Gasteiger partial charge on any atom is 0.243 e. The molecule has 5 nitrogen and oxygen atoms in total. The summed E-state index contributed by atoms with van der Waals surface area (Å²) in [5.74, 6) is 0.0142. The minimum absolute atomic E-state index is 0.155. The van der Waals surface area contributed by atoms with Gasteiger partial charge in [-0.2, -0.15) is 4.31 Å². The molecule has 0 heterocycles. The molecule has 1 amide bonds. The van der Waals surface area contributed by atoms with Crippen molar-refractivity contribution in [2.75, 3.05) is 18.4 Å². The van der Waals surface area contributed by atoms with Crippen molar-refractivity contribution in [2.24, 2.45) is 0 Å². The van der Waals surface area contributed by atoms with Crippen molar-refractivity contribution in [3.63, 3.8) is 0 Å². The van der Waals surface area contributed by atoms with Crippen molar-refractivity contribution in [1.82, 2.24) is 4.31 Å². The van der Waals surface area contributed by atoms with Gasteiger partial charge in [-0.3, -0.25) is 4.79 Å². The van der Waals surface area contributed by atoms with Crippen LogP contribution < -0.4 is 5.32 Å². The lowest BCUT2D eigenvalue weighted by molar-refractivity contribution is -0.116. The molecule has 0 aliphatic carbocycles. The maximum absolute atomic E-state index is 13.3. The second-order valence-corrected chi connectivity index (χ2v) is 10.7. The van der Waals surface area contributed by atoms with Crippen LogP contribution in [0, 0.1) is 0 Å². The average molecular weight is 515 g/mol. The number of rotatable bonds is 9. The number of hydrogen-bond acceptors (Lipinski definition) is 3. The Kier molecular flexibility index (Phi) is 8.23. The van der Waals surface area contributed by atoms with E-state index in [2.05, 4.69) is 35.1 Å². The van der Waals surface area contributed by atoms with Crippen molar-refractivity contribution in [1.29, 1.82) is 0 Å². The van der Waals surface area contributed by atoms with Crippen LogP contribution in [-0.2, 0) is 21.2 Å². The number of amides is 1. The van der Waals surface area contributed by atoms with Crippen LogP contribution in [0.1, 0.15) is 30.9 Å². The fourth-order valence-corrected chi connectivity index (χ4v) is 4.91. The Morgan fingerprint density at radius 1 is 0.938 bits per heavy atom. The Morgan fingerprint density at radius 3 is 2.16 bits per heavy atom. The molecule has 0 spiro atoms. The molecule has 1 N–H and O–H groups in total. The molecule has 0 aromatic heterocycles. The predicted octanol–water partition coefficient (Wildman–Crippen LogP) is 5.44. The van der Waals surface area contributed by atoms with Gasteiger partial charge in [0.05, 0.1) is 11.4 Å². The number of nitrogens with zero attached hydrogens (tertiary/aromatic N) is 1. The summed E-state index contributed by atoms with van der Waals surface area (Å²) in [5.41, 5.74) is 2.82. The van der Waals surface area contributed by atoms with Crippen molar-refractivity contribution < 1.29 is 13.2 Å². The van der Waals surface area contributed by atoms with E-state index >= 15 is 0 Å². The maximum atomic E-state index is 13.3. The second kappa shape index (κ2) is 10.9. The number of nitrogens with one attached hydrogen (secondary N) is 1. The Hall–Kier alpha value is -2.48. The van der Waals surface area contributed by atoms with Crippen LogP contribution in [0.4, 0.5) is 5.69 Å². The summed E-state index contributed by atoms with van der Waals surface area (Å²) >= 11 is 3.33. The minimum Gasteiger partial charge on any atom is -0.325 e. The summed E-state index contributed by atoms with van der Waals surface area (Å²) in [6.45, 7) is 4.13. The standard InChI is InChI=1S/C25H27BrN2O3S/c1-19(2)21-8-12-23(13-9-21)27-25(29)18-28(17-16-20-6-4-3-5-7-20)32(30,31)24-14-10-22(26)11-15-24/h3-15,19H,16-18H2,1-2H3,(H,27,29). The zero-order valence-corrected chi connectivity index (χ0v) is 20.6. The first kappa shape index (κ1) is 24.2. The van der Waals surface area contributed by atoms with Gasteiger partial charge in [0.2, 0.25) is 15.9 Å². The number of carbonyl (C=O) groups excluding carboxylic acids is 1. The first-order valence-electron chi connectivity index (χ1n) is 10.4. The molecular formula is C25H27BrN2O3S. The number of sulfonamides is 1. The van der Waals surface area contributed by atoms with Crippen LogP contribution in [0.2, 0.25) is 0 Å². The molecule has 0 aliphatic rings. The fraction of sp³-hybridized carbons (Fsp3) is 0.240. The van der Waals surface area contributed by atoms with Gasteiger partial charge < -0.3 is 5.32 Å². The van der Waals surface area contributed by atoms with Crippen LogP contribution in [0.15, 0.2) is 88.2 Å². The summed E-state index contributed by atoms with van der Waals surface area (Å²) in [5, 5.41) is 2.82. The van der Waals surface area contributed by atoms with Crippen LogP contribution in [0.25, 0.3) is 0 Å². The van der Waals surface area contributed by atoms with Crippen LogP contribution >= 0.6 is 15.9 Å². The van der Waals surface area contributed by atoms with Crippen molar-refractivity contribution >= 4 is 37.5 Å². The number of halogens is 1. The zero-order valence-electron chi connectivity index (χ0n) is 18.2. The normalized spacial score (nSPS) is 11.7. The summed E-state index contributed by atoms with van der Waals surface area (Å²) in [6.07, 6.45) is 0.507. The lowest BCUT2D eigenvalue weighted by Crippen LogP contribution is -2.39. The van der Waals surface area contributed by atoms with E-state index < -0.39 is 10.0 Å². The van der Waals surface area contributed by atoms with E-state index in [1.54, 1.807) is 12.1 Å². The highest BCUT2D eigenvalue weighted by molar-refractivity contribution is 9.10. The van der Waals surface area contributed by atoms with Crippen molar-refractivity contribution in [3.8, 4) is 0 Å². The number of carbonyl (C=O) groups is 1. The molecule has 32 heavy (non-hydrogen) atoms. The highest BCUT2D eigenvalue weighted by atomic mass is 79.9. The zero-order chi connectivity index (χ0) is 23.1. The quantitative estimate of drug-likeness (QED) is 0.413. The van der Waals surface area contributed by atoms with Gasteiger partial charge in [0.25, 0.3) is 0 Å². The van der Waals surface area contributed by atoms with E-state index in [0.717, 1.165) is 10.0 Å². The monoisotopic (exact) mass is 514 g/mol. The Balaban J connectivity index is 1.77. The molecule has 3 aromatic rings. The Morgan fingerprint density at radius 2 is 1.56 bits per heavy atom. The second-order valence-electron chi connectivity index (χ2n) is 7.85. The molecule has 168 valence electrons. The van der Waals surface area contributed by atoms with E-state index in [0.29, 0.717) is 18.0 Å². The van der Waals surface area contributed by atoms with Gasteiger partial charge in [0.1, 0.15) is 0 Å². The molecular weight excluding hydrogens is 488 g/mol. The Labute approximate surface area is 198 Å². The van der Waals surface area contributed by atoms with Gasteiger partial charge in [0, 0.05) is 16.7 Å². The average Bonchev–Trinajstić information content (AvgIpc) is 2.78. The molecule has 3 aromatic carbocycles. The molecule has 0 atom stereocenters. The summed E-state index contributed by atoms with van der Waals surface area (Å²) in [7, 11) is -3.84. The predicted molar refractivity (Wildman–Crippen MR) is 132 cm³/mol. The molecule has 0 fully saturated rings.